The zero-order valence-electron chi connectivity index (χ0n) is 17.4. The molecule has 1 aliphatic rings. The lowest BCUT2D eigenvalue weighted by Gasteiger charge is -2.37. The highest BCUT2D eigenvalue weighted by Gasteiger charge is 2.24. The minimum Gasteiger partial charge on any atom is -0.383 e. The Morgan fingerprint density at radius 1 is 1.25 bits per heavy atom. The van der Waals surface area contributed by atoms with Crippen molar-refractivity contribution in [2.24, 2.45) is 4.99 Å². The number of nitrogens with one attached hydrogen (secondary N) is 3. The number of methoxy groups -OCH3 is 1. The van der Waals surface area contributed by atoms with Crippen LogP contribution in [0.4, 0.5) is 0 Å². The lowest BCUT2D eigenvalue weighted by Crippen LogP contribution is -2.49. The van der Waals surface area contributed by atoms with E-state index < -0.39 is 0 Å². The highest BCUT2D eigenvalue weighted by Crippen LogP contribution is 2.23. The zero-order valence-corrected chi connectivity index (χ0v) is 17.4. The van der Waals surface area contributed by atoms with Crippen LogP contribution in [0, 0.1) is 0 Å². The predicted octanol–water partition coefficient (Wildman–Crippen LogP) is 1.53. The maximum atomic E-state index is 11.8. The van der Waals surface area contributed by atoms with Gasteiger partial charge in [0.15, 0.2) is 5.96 Å². The van der Waals surface area contributed by atoms with Crippen molar-refractivity contribution in [1.29, 1.82) is 0 Å². The van der Waals surface area contributed by atoms with Crippen molar-refractivity contribution >= 4 is 11.9 Å². The average Bonchev–Trinajstić information content (AvgIpc) is 2.73. The Hall–Kier alpha value is -2.12. The van der Waals surface area contributed by atoms with Gasteiger partial charge in [0, 0.05) is 45.4 Å². The lowest BCUT2D eigenvalue weighted by molar-refractivity contribution is -0.119. The molecule has 7 nitrogen and oxygen atoms in total. The SMILES string of the molecule is CCNC(=NCC(=O)NCCOC)NC1CCN(C(C)c2ccccc2)CC1. The fraction of sp³-hybridized carbons (Fsp3) is 0.619. The molecule has 7 heteroatoms. The van der Waals surface area contributed by atoms with Gasteiger partial charge in [0.2, 0.25) is 5.91 Å². The largest absolute Gasteiger partial charge is 0.383 e. The third-order valence-corrected chi connectivity index (χ3v) is 5.05. The van der Waals surface area contributed by atoms with Crippen molar-refractivity contribution in [3.05, 3.63) is 35.9 Å². The Morgan fingerprint density at radius 2 is 1.96 bits per heavy atom. The van der Waals surface area contributed by atoms with E-state index in [9.17, 15) is 4.79 Å². The summed E-state index contributed by atoms with van der Waals surface area (Å²) in [6, 6.07) is 11.5. The van der Waals surface area contributed by atoms with Crippen molar-refractivity contribution < 1.29 is 9.53 Å². The second-order valence-electron chi connectivity index (χ2n) is 7.08. The number of piperidine rings is 1. The molecule has 1 amide bonds. The van der Waals surface area contributed by atoms with Crippen LogP contribution in [0.5, 0.6) is 0 Å². The molecule has 28 heavy (non-hydrogen) atoms. The number of likely N-dealkylation sites (tertiary alicyclic amines) is 1. The smallest absolute Gasteiger partial charge is 0.241 e. The standard InChI is InChI=1S/C21H35N5O2/c1-4-22-21(24-16-20(27)23-12-15-28-3)25-19-10-13-26(14-11-19)17(2)18-8-6-5-7-9-18/h5-9,17,19H,4,10-16H2,1-3H3,(H,23,27)(H2,22,24,25). The molecule has 1 fully saturated rings. The van der Waals surface area contributed by atoms with E-state index in [2.05, 4.69) is 63.1 Å². The van der Waals surface area contributed by atoms with Gasteiger partial charge < -0.3 is 20.7 Å². The Kier molecular flexibility index (Phi) is 9.79. The van der Waals surface area contributed by atoms with Crippen molar-refractivity contribution in [3.63, 3.8) is 0 Å². The van der Waals surface area contributed by atoms with Crippen molar-refractivity contribution in [3.8, 4) is 0 Å². The number of guanidine groups is 1. The summed E-state index contributed by atoms with van der Waals surface area (Å²) in [6.07, 6.45) is 2.11. The quantitative estimate of drug-likeness (QED) is 0.339. The molecule has 2 rings (SSSR count). The van der Waals surface area contributed by atoms with Gasteiger partial charge in [-0.3, -0.25) is 9.69 Å². The van der Waals surface area contributed by atoms with E-state index in [-0.39, 0.29) is 12.5 Å². The number of ether oxygens (including phenoxy) is 1. The number of hydrogen-bond acceptors (Lipinski definition) is 4. The maximum absolute atomic E-state index is 11.8. The van der Waals surface area contributed by atoms with Crippen LogP contribution in [-0.2, 0) is 9.53 Å². The second-order valence-corrected chi connectivity index (χ2v) is 7.08. The average molecular weight is 390 g/mol. The molecule has 1 unspecified atom stereocenters. The summed E-state index contributed by atoms with van der Waals surface area (Å²) in [5, 5.41) is 9.50. The van der Waals surface area contributed by atoms with E-state index in [4.69, 9.17) is 4.74 Å². The molecule has 1 heterocycles. The predicted molar refractivity (Wildman–Crippen MR) is 113 cm³/mol. The molecule has 0 radical (unpaired) electrons. The van der Waals surface area contributed by atoms with Crippen LogP contribution in [0.3, 0.4) is 0 Å². The van der Waals surface area contributed by atoms with Gasteiger partial charge in [-0.05, 0) is 32.3 Å². The van der Waals surface area contributed by atoms with Crippen molar-refractivity contribution in [1.82, 2.24) is 20.9 Å². The molecule has 1 saturated heterocycles. The lowest BCUT2D eigenvalue weighted by atomic mass is 10.0. The van der Waals surface area contributed by atoms with Crippen LogP contribution in [-0.4, -0.2) is 69.2 Å². The molecular formula is C21H35N5O2. The Bertz CT molecular complexity index is 600. The highest BCUT2D eigenvalue weighted by molar-refractivity contribution is 5.85. The van der Waals surface area contributed by atoms with Gasteiger partial charge in [0.1, 0.15) is 6.54 Å². The summed E-state index contributed by atoms with van der Waals surface area (Å²) in [6.45, 7) is 8.29. The summed E-state index contributed by atoms with van der Waals surface area (Å²) >= 11 is 0. The summed E-state index contributed by atoms with van der Waals surface area (Å²) in [7, 11) is 1.61. The third-order valence-electron chi connectivity index (χ3n) is 5.05. The van der Waals surface area contributed by atoms with Crippen LogP contribution >= 0.6 is 0 Å². The summed E-state index contributed by atoms with van der Waals surface area (Å²) in [5.74, 6) is 0.611. The summed E-state index contributed by atoms with van der Waals surface area (Å²) in [4.78, 5) is 18.8. The minimum absolute atomic E-state index is 0.0965. The van der Waals surface area contributed by atoms with Crippen molar-refractivity contribution in [2.45, 2.75) is 38.8 Å². The van der Waals surface area contributed by atoms with Gasteiger partial charge in [-0.15, -0.1) is 0 Å². The number of hydrogen-bond donors (Lipinski definition) is 3. The van der Waals surface area contributed by atoms with Gasteiger partial charge in [0.05, 0.1) is 6.61 Å². The summed E-state index contributed by atoms with van der Waals surface area (Å²) in [5.41, 5.74) is 1.36. The van der Waals surface area contributed by atoms with Gasteiger partial charge in [-0.1, -0.05) is 30.3 Å². The molecule has 3 N–H and O–H groups in total. The van der Waals surface area contributed by atoms with Gasteiger partial charge in [-0.25, -0.2) is 4.99 Å². The van der Waals surface area contributed by atoms with Crippen molar-refractivity contribution in [2.75, 3.05) is 46.4 Å². The number of aliphatic imine (C=N–C) groups is 1. The fourth-order valence-corrected chi connectivity index (χ4v) is 3.39. The van der Waals surface area contributed by atoms with Crippen LogP contribution in [0.15, 0.2) is 35.3 Å². The second kappa shape index (κ2) is 12.4. The first-order chi connectivity index (χ1) is 13.6. The molecule has 0 bridgehead atoms. The number of carbonyl (C=O) groups is 1. The first-order valence-corrected chi connectivity index (χ1v) is 10.2. The van der Waals surface area contributed by atoms with Gasteiger partial charge >= 0.3 is 0 Å². The van der Waals surface area contributed by atoms with Crippen LogP contribution in [0.1, 0.15) is 38.3 Å². The number of carbonyl (C=O) groups excluding carboxylic acids is 1. The van der Waals surface area contributed by atoms with E-state index in [0.717, 1.165) is 32.5 Å². The zero-order chi connectivity index (χ0) is 20.2. The van der Waals surface area contributed by atoms with E-state index in [0.29, 0.717) is 31.2 Å². The van der Waals surface area contributed by atoms with Crippen LogP contribution in [0.25, 0.3) is 0 Å². The molecule has 0 aromatic heterocycles. The van der Waals surface area contributed by atoms with Crippen LogP contribution in [0.2, 0.25) is 0 Å². The first kappa shape index (κ1) is 22.2. The monoisotopic (exact) mass is 389 g/mol. The summed E-state index contributed by atoms with van der Waals surface area (Å²) < 4.78 is 4.93. The van der Waals surface area contributed by atoms with E-state index in [1.54, 1.807) is 7.11 Å². The molecule has 1 aliphatic heterocycles. The van der Waals surface area contributed by atoms with Gasteiger partial charge in [-0.2, -0.15) is 0 Å². The first-order valence-electron chi connectivity index (χ1n) is 10.2. The van der Waals surface area contributed by atoms with E-state index in [1.807, 2.05) is 6.92 Å². The third kappa shape index (κ3) is 7.48. The fourth-order valence-electron chi connectivity index (χ4n) is 3.39. The molecule has 0 saturated carbocycles. The number of benzene rings is 1. The molecule has 1 aromatic carbocycles. The van der Waals surface area contributed by atoms with E-state index >= 15 is 0 Å². The topological polar surface area (TPSA) is 78.0 Å². The molecule has 156 valence electrons. The van der Waals surface area contributed by atoms with E-state index in [1.165, 1.54) is 5.56 Å². The number of amides is 1. The molecule has 0 spiro atoms. The number of nitrogens with zero attached hydrogens (tertiary/aromatic N) is 2. The minimum atomic E-state index is -0.0965. The Balaban J connectivity index is 1.79. The molecule has 1 atom stereocenters. The Morgan fingerprint density at radius 3 is 2.61 bits per heavy atom. The maximum Gasteiger partial charge on any atom is 0.241 e. The molecule has 1 aromatic rings. The highest BCUT2D eigenvalue weighted by atomic mass is 16.5. The van der Waals surface area contributed by atoms with Gasteiger partial charge in [0.25, 0.3) is 0 Å². The van der Waals surface area contributed by atoms with Crippen LogP contribution < -0.4 is 16.0 Å². The number of rotatable bonds is 9. The molecule has 0 aliphatic carbocycles. The normalized spacial score (nSPS) is 17.2. The molecular weight excluding hydrogens is 354 g/mol. The Labute approximate surface area is 168 Å².